The maximum atomic E-state index is 13.2. The van der Waals surface area contributed by atoms with Crippen molar-refractivity contribution in [1.29, 1.82) is 0 Å². The first-order valence-electron chi connectivity index (χ1n) is 3.36. The van der Waals surface area contributed by atoms with E-state index in [1.54, 1.807) is 6.07 Å². The van der Waals surface area contributed by atoms with Gasteiger partial charge in [0.15, 0.2) is 13.8 Å². The van der Waals surface area contributed by atoms with Crippen molar-refractivity contribution in [1.82, 2.24) is 15.2 Å². The van der Waals surface area contributed by atoms with Gasteiger partial charge in [-0.05, 0) is 28.7 Å². The van der Waals surface area contributed by atoms with E-state index in [4.69, 9.17) is 0 Å². The van der Waals surface area contributed by atoms with Crippen LogP contribution < -0.4 is 0 Å². The van der Waals surface area contributed by atoms with Gasteiger partial charge in [-0.15, -0.1) is 10.2 Å². The highest BCUT2D eigenvalue weighted by Crippen LogP contribution is 2.25. The SMILES string of the molecule is Fc1cnccc1-c1nnc(I)s1. The summed E-state index contributed by atoms with van der Waals surface area (Å²) >= 11 is 3.40. The first-order valence-corrected chi connectivity index (χ1v) is 5.26. The second-order valence-corrected chi connectivity index (χ2v) is 4.95. The second kappa shape index (κ2) is 3.62. The molecular formula is C7H3FIN3S. The van der Waals surface area contributed by atoms with E-state index in [0.717, 1.165) is 3.01 Å². The van der Waals surface area contributed by atoms with Crippen LogP contribution in [0.2, 0.25) is 0 Å². The summed E-state index contributed by atoms with van der Waals surface area (Å²) < 4.78 is 14.0. The van der Waals surface area contributed by atoms with Gasteiger partial charge in [-0.25, -0.2) is 4.39 Å². The molecule has 0 bridgehead atoms. The third-order valence-corrected chi connectivity index (χ3v) is 3.02. The molecule has 0 radical (unpaired) electrons. The third-order valence-electron chi connectivity index (χ3n) is 1.40. The van der Waals surface area contributed by atoms with Gasteiger partial charge in [-0.1, -0.05) is 11.3 Å². The molecule has 0 unspecified atom stereocenters. The molecule has 0 aliphatic rings. The Morgan fingerprint density at radius 2 is 2.23 bits per heavy atom. The zero-order chi connectivity index (χ0) is 9.26. The monoisotopic (exact) mass is 307 g/mol. The van der Waals surface area contributed by atoms with E-state index in [1.807, 2.05) is 22.6 Å². The fourth-order valence-corrected chi connectivity index (χ4v) is 2.19. The van der Waals surface area contributed by atoms with Crippen LogP contribution >= 0.6 is 33.9 Å². The molecule has 0 N–H and O–H groups in total. The summed E-state index contributed by atoms with van der Waals surface area (Å²) in [5.41, 5.74) is 0.454. The first-order chi connectivity index (χ1) is 6.27. The van der Waals surface area contributed by atoms with Gasteiger partial charge < -0.3 is 0 Å². The minimum Gasteiger partial charge on any atom is -0.262 e. The van der Waals surface area contributed by atoms with Crippen LogP contribution in [0.5, 0.6) is 0 Å². The zero-order valence-corrected chi connectivity index (χ0v) is 9.21. The van der Waals surface area contributed by atoms with Gasteiger partial charge in [0.2, 0.25) is 0 Å². The summed E-state index contributed by atoms with van der Waals surface area (Å²) in [6, 6.07) is 1.59. The lowest BCUT2D eigenvalue weighted by molar-refractivity contribution is 0.624. The van der Waals surface area contributed by atoms with Crippen molar-refractivity contribution in [2.45, 2.75) is 0 Å². The summed E-state index contributed by atoms with van der Waals surface area (Å²) in [6.07, 6.45) is 2.70. The van der Waals surface area contributed by atoms with Crippen LogP contribution in [0.1, 0.15) is 0 Å². The lowest BCUT2D eigenvalue weighted by Crippen LogP contribution is -1.84. The summed E-state index contributed by atoms with van der Waals surface area (Å²) in [6.45, 7) is 0. The van der Waals surface area contributed by atoms with E-state index < -0.39 is 0 Å². The van der Waals surface area contributed by atoms with Crippen LogP contribution in [0.3, 0.4) is 0 Å². The number of pyridine rings is 1. The van der Waals surface area contributed by atoms with Crippen molar-refractivity contribution in [2.75, 3.05) is 0 Å². The van der Waals surface area contributed by atoms with Crippen LogP contribution in [0.25, 0.3) is 10.6 Å². The highest BCUT2D eigenvalue weighted by molar-refractivity contribution is 14.1. The summed E-state index contributed by atoms with van der Waals surface area (Å²) in [7, 11) is 0. The van der Waals surface area contributed by atoms with E-state index in [9.17, 15) is 4.39 Å². The normalized spacial score (nSPS) is 10.3. The fraction of sp³-hybridized carbons (Fsp3) is 0. The topological polar surface area (TPSA) is 38.7 Å². The minimum absolute atomic E-state index is 0.366. The molecule has 66 valence electrons. The molecule has 2 aromatic heterocycles. The van der Waals surface area contributed by atoms with Crippen LogP contribution in [0.4, 0.5) is 4.39 Å². The Labute approximate surface area is 91.2 Å². The van der Waals surface area contributed by atoms with Crippen molar-refractivity contribution in [3.05, 3.63) is 27.3 Å². The fourth-order valence-electron chi connectivity index (χ4n) is 0.863. The molecule has 0 amide bonds. The van der Waals surface area contributed by atoms with Crippen LogP contribution in [0.15, 0.2) is 18.5 Å². The predicted molar refractivity (Wildman–Crippen MR) is 55.8 cm³/mol. The Kier molecular flexibility index (Phi) is 2.49. The molecular weight excluding hydrogens is 304 g/mol. The molecule has 2 rings (SSSR count). The highest BCUT2D eigenvalue weighted by Gasteiger charge is 2.09. The molecule has 0 saturated carbocycles. The Morgan fingerprint density at radius 3 is 2.85 bits per heavy atom. The van der Waals surface area contributed by atoms with Gasteiger partial charge in [-0.3, -0.25) is 4.98 Å². The molecule has 0 atom stereocenters. The van der Waals surface area contributed by atoms with E-state index in [1.165, 1.54) is 23.7 Å². The average molecular weight is 307 g/mol. The number of hydrogen-bond donors (Lipinski definition) is 0. The van der Waals surface area contributed by atoms with Gasteiger partial charge in [0.05, 0.1) is 11.8 Å². The van der Waals surface area contributed by atoms with Crippen LogP contribution in [-0.2, 0) is 0 Å². The van der Waals surface area contributed by atoms with Gasteiger partial charge in [0.25, 0.3) is 0 Å². The number of rotatable bonds is 1. The van der Waals surface area contributed by atoms with E-state index in [-0.39, 0.29) is 5.82 Å². The standard InChI is InChI=1S/C7H3FIN3S/c8-5-3-10-2-1-4(5)6-11-12-7(9)13-6/h1-3H. The molecule has 0 aromatic carbocycles. The Hall–Kier alpha value is -0.630. The molecule has 0 aliphatic carbocycles. The molecule has 0 fully saturated rings. The smallest absolute Gasteiger partial charge is 0.178 e. The van der Waals surface area contributed by atoms with Crippen molar-refractivity contribution < 1.29 is 4.39 Å². The second-order valence-electron chi connectivity index (χ2n) is 2.22. The molecule has 0 aliphatic heterocycles. The number of nitrogens with zero attached hydrogens (tertiary/aromatic N) is 3. The number of aromatic nitrogens is 3. The maximum absolute atomic E-state index is 13.2. The van der Waals surface area contributed by atoms with Crippen molar-refractivity contribution >= 4 is 33.9 Å². The van der Waals surface area contributed by atoms with E-state index in [2.05, 4.69) is 15.2 Å². The van der Waals surface area contributed by atoms with Gasteiger partial charge in [0, 0.05) is 6.20 Å². The molecule has 2 heterocycles. The molecule has 13 heavy (non-hydrogen) atoms. The number of hydrogen-bond acceptors (Lipinski definition) is 4. The third kappa shape index (κ3) is 1.83. The lowest BCUT2D eigenvalue weighted by atomic mass is 10.3. The van der Waals surface area contributed by atoms with Crippen LogP contribution in [-0.4, -0.2) is 15.2 Å². The zero-order valence-electron chi connectivity index (χ0n) is 6.24. The Morgan fingerprint density at radius 1 is 1.38 bits per heavy atom. The highest BCUT2D eigenvalue weighted by atomic mass is 127. The van der Waals surface area contributed by atoms with Crippen molar-refractivity contribution in [2.24, 2.45) is 0 Å². The lowest BCUT2D eigenvalue weighted by Gasteiger charge is -1.94. The predicted octanol–water partition coefficient (Wildman–Crippen LogP) is 2.34. The molecule has 6 heteroatoms. The summed E-state index contributed by atoms with van der Waals surface area (Å²) in [5.74, 6) is -0.366. The average Bonchev–Trinajstić information content (AvgIpc) is 2.53. The maximum Gasteiger partial charge on any atom is 0.178 e. The van der Waals surface area contributed by atoms with Crippen LogP contribution in [0, 0.1) is 8.83 Å². The van der Waals surface area contributed by atoms with E-state index >= 15 is 0 Å². The molecule has 3 nitrogen and oxygen atoms in total. The minimum atomic E-state index is -0.366. The van der Waals surface area contributed by atoms with E-state index in [0.29, 0.717) is 10.6 Å². The summed E-state index contributed by atoms with van der Waals surface area (Å²) in [5, 5.41) is 8.23. The van der Waals surface area contributed by atoms with Gasteiger partial charge >= 0.3 is 0 Å². The Balaban J connectivity index is 2.52. The number of halogens is 2. The van der Waals surface area contributed by atoms with Gasteiger partial charge in [-0.2, -0.15) is 0 Å². The quantitative estimate of drug-likeness (QED) is 0.759. The first kappa shape index (κ1) is 8.95. The Bertz CT molecular complexity index is 431. The van der Waals surface area contributed by atoms with Crippen molar-refractivity contribution in [3.8, 4) is 10.6 Å². The molecule has 0 saturated heterocycles. The largest absolute Gasteiger partial charge is 0.262 e. The summed E-state index contributed by atoms with van der Waals surface area (Å²) in [4.78, 5) is 3.66. The molecule has 0 spiro atoms. The van der Waals surface area contributed by atoms with Crippen molar-refractivity contribution in [3.63, 3.8) is 0 Å². The molecule has 2 aromatic rings. The van der Waals surface area contributed by atoms with Gasteiger partial charge in [0.1, 0.15) is 0 Å².